The second kappa shape index (κ2) is 11.5. The second-order valence-corrected chi connectivity index (χ2v) is 9.46. The van der Waals surface area contributed by atoms with Crippen LogP contribution in [0.5, 0.6) is 23.0 Å². The predicted octanol–water partition coefficient (Wildman–Crippen LogP) is 5.47. The van der Waals surface area contributed by atoms with E-state index in [2.05, 4.69) is 0 Å². The van der Waals surface area contributed by atoms with E-state index in [4.69, 9.17) is 18.9 Å². The van der Waals surface area contributed by atoms with Crippen molar-refractivity contribution in [3.63, 3.8) is 0 Å². The van der Waals surface area contributed by atoms with Crippen LogP contribution in [0.3, 0.4) is 0 Å². The van der Waals surface area contributed by atoms with Gasteiger partial charge in [-0.15, -0.1) is 0 Å². The van der Waals surface area contributed by atoms with Crippen LogP contribution >= 0.6 is 0 Å². The maximum Gasteiger partial charge on any atom is 0.295 e. The number of para-hydroxylation sites is 1. The van der Waals surface area contributed by atoms with E-state index in [1.807, 2.05) is 32.0 Å². The topological polar surface area (TPSA) is 94.5 Å². The third kappa shape index (κ3) is 5.14. The van der Waals surface area contributed by atoms with Gasteiger partial charge in [-0.05, 0) is 53.4 Å². The van der Waals surface area contributed by atoms with Crippen molar-refractivity contribution in [3.05, 3.63) is 88.5 Å². The average molecular weight is 532 g/mol. The van der Waals surface area contributed by atoms with Gasteiger partial charge in [0.2, 0.25) is 0 Å². The Morgan fingerprint density at radius 2 is 1.46 bits per heavy atom. The van der Waals surface area contributed by atoms with E-state index in [-0.39, 0.29) is 23.8 Å². The quantitative estimate of drug-likeness (QED) is 0.222. The number of hydrogen-bond acceptors (Lipinski definition) is 7. The fourth-order valence-corrected chi connectivity index (χ4v) is 4.92. The highest BCUT2D eigenvalue weighted by atomic mass is 16.5. The molecule has 1 atom stereocenters. The summed E-state index contributed by atoms with van der Waals surface area (Å²) in [7, 11) is 6.18. The Kier molecular flexibility index (Phi) is 8.14. The molecule has 1 unspecified atom stereocenters. The minimum absolute atomic E-state index is 0.0120. The number of carbonyl (C=O) groups is 2. The Balaban J connectivity index is 1.93. The number of ketones is 1. The van der Waals surface area contributed by atoms with E-state index < -0.39 is 17.7 Å². The summed E-state index contributed by atoms with van der Waals surface area (Å²) in [4.78, 5) is 28.5. The number of nitrogens with zero attached hydrogens (tertiary/aromatic N) is 1. The highest BCUT2D eigenvalue weighted by Gasteiger charge is 2.46. The molecule has 3 aromatic rings. The van der Waals surface area contributed by atoms with Gasteiger partial charge in [-0.2, -0.15) is 0 Å². The van der Waals surface area contributed by atoms with E-state index in [1.54, 1.807) is 56.7 Å². The van der Waals surface area contributed by atoms with Crippen molar-refractivity contribution in [3.8, 4) is 23.0 Å². The zero-order chi connectivity index (χ0) is 28.3. The molecule has 1 heterocycles. The number of likely N-dealkylation sites (tertiary alicyclic amines) is 1. The van der Waals surface area contributed by atoms with Gasteiger partial charge in [0.1, 0.15) is 17.3 Å². The summed E-state index contributed by atoms with van der Waals surface area (Å²) in [5.74, 6) is 0.535. The van der Waals surface area contributed by atoms with Gasteiger partial charge < -0.3 is 29.0 Å². The first kappa shape index (κ1) is 27.6. The Labute approximate surface area is 228 Å². The van der Waals surface area contributed by atoms with Gasteiger partial charge in [0.05, 0.1) is 46.6 Å². The van der Waals surface area contributed by atoms with Crippen LogP contribution in [-0.4, -0.2) is 50.1 Å². The number of ether oxygens (including phenoxy) is 4. The van der Waals surface area contributed by atoms with Gasteiger partial charge in [-0.25, -0.2) is 0 Å². The molecule has 0 radical (unpaired) electrons. The summed E-state index contributed by atoms with van der Waals surface area (Å²) >= 11 is 0. The van der Waals surface area contributed by atoms with E-state index >= 15 is 0 Å². The van der Waals surface area contributed by atoms with E-state index in [9.17, 15) is 14.7 Å². The van der Waals surface area contributed by atoms with E-state index in [0.29, 0.717) is 34.1 Å². The Morgan fingerprint density at radius 1 is 0.821 bits per heavy atom. The molecule has 1 aliphatic rings. The van der Waals surface area contributed by atoms with Gasteiger partial charge >= 0.3 is 0 Å². The Bertz CT molecular complexity index is 1430. The molecule has 204 valence electrons. The molecular formula is C31H33NO7. The normalized spacial score (nSPS) is 16.5. The molecule has 1 fully saturated rings. The van der Waals surface area contributed by atoms with Crippen molar-refractivity contribution in [1.29, 1.82) is 0 Å². The number of aliphatic hydroxyl groups excluding tert-OH is 1. The molecule has 0 saturated carbocycles. The molecule has 0 aromatic heterocycles. The summed E-state index contributed by atoms with van der Waals surface area (Å²) in [6.07, 6.45) is 0. The van der Waals surface area contributed by atoms with Crippen molar-refractivity contribution in [1.82, 2.24) is 4.90 Å². The SMILES string of the molecule is COc1ccccc1CN1C(=O)C(=O)/C(=C(/O)c2ccc(OC)c(C(C)C)c2)C1c1ccc(OC)c(OC)c1. The molecule has 1 N–H and O–H groups in total. The first-order valence-corrected chi connectivity index (χ1v) is 12.6. The lowest BCUT2D eigenvalue weighted by Crippen LogP contribution is -2.29. The van der Waals surface area contributed by atoms with Crippen LogP contribution in [0.2, 0.25) is 0 Å². The summed E-state index contributed by atoms with van der Waals surface area (Å²) in [5.41, 5.74) is 2.58. The zero-order valence-corrected chi connectivity index (χ0v) is 23.0. The fraction of sp³-hybridized carbons (Fsp3) is 0.290. The standard InChI is InChI=1S/C31H33NO7/c1-18(2)22-15-20(12-13-24(22)37-4)29(33)27-28(19-11-14-25(38-5)26(16-19)39-6)32(31(35)30(27)34)17-21-9-7-8-10-23(21)36-3/h7-16,18,28,33H,17H2,1-6H3/b29-27+. The maximum atomic E-state index is 13.6. The Morgan fingerprint density at radius 3 is 2.10 bits per heavy atom. The molecule has 8 heteroatoms. The number of amides is 1. The van der Waals surface area contributed by atoms with Crippen molar-refractivity contribution in [2.75, 3.05) is 28.4 Å². The lowest BCUT2D eigenvalue weighted by Gasteiger charge is -2.26. The van der Waals surface area contributed by atoms with Crippen LogP contribution in [-0.2, 0) is 16.1 Å². The lowest BCUT2D eigenvalue weighted by molar-refractivity contribution is -0.140. The van der Waals surface area contributed by atoms with Gasteiger partial charge in [0.25, 0.3) is 11.7 Å². The predicted molar refractivity (Wildman–Crippen MR) is 147 cm³/mol. The monoisotopic (exact) mass is 531 g/mol. The first-order valence-electron chi connectivity index (χ1n) is 12.6. The second-order valence-electron chi connectivity index (χ2n) is 9.46. The largest absolute Gasteiger partial charge is 0.507 e. The van der Waals surface area contributed by atoms with Crippen molar-refractivity contribution in [2.24, 2.45) is 0 Å². The molecule has 8 nitrogen and oxygen atoms in total. The van der Waals surface area contributed by atoms with Crippen LogP contribution in [0.4, 0.5) is 0 Å². The maximum absolute atomic E-state index is 13.6. The van der Waals surface area contributed by atoms with Crippen LogP contribution in [0.25, 0.3) is 5.76 Å². The minimum Gasteiger partial charge on any atom is -0.507 e. The summed E-state index contributed by atoms with van der Waals surface area (Å²) in [6.45, 7) is 4.11. The molecule has 1 aliphatic heterocycles. The van der Waals surface area contributed by atoms with Crippen molar-refractivity contribution < 1.29 is 33.6 Å². The summed E-state index contributed by atoms with van der Waals surface area (Å²) in [6, 6.07) is 16.8. The van der Waals surface area contributed by atoms with E-state index in [0.717, 1.165) is 11.1 Å². The van der Waals surface area contributed by atoms with Crippen LogP contribution < -0.4 is 18.9 Å². The molecule has 1 saturated heterocycles. The van der Waals surface area contributed by atoms with Crippen LogP contribution in [0.1, 0.15) is 48.1 Å². The third-order valence-electron chi connectivity index (χ3n) is 6.92. The minimum atomic E-state index is -0.890. The number of rotatable bonds is 9. The van der Waals surface area contributed by atoms with Gasteiger partial charge in [0, 0.05) is 11.1 Å². The van der Waals surface area contributed by atoms with Gasteiger partial charge in [-0.1, -0.05) is 38.1 Å². The number of aliphatic hydroxyl groups is 1. The number of Topliss-reactive ketones (excluding diaryl/α,β-unsaturated/α-hetero) is 1. The number of hydrogen-bond donors (Lipinski definition) is 1. The molecule has 0 aliphatic carbocycles. The third-order valence-corrected chi connectivity index (χ3v) is 6.92. The highest BCUT2D eigenvalue weighted by molar-refractivity contribution is 6.46. The van der Waals surface area contributed by atoms with Crippen molar-refractivity contribution in [2.45, 2.75) is 32.4 Å². The summed E-state index contributed by atoms with van der Waals surface area (Å²) in [5, 5.41) is 11.6. The molecule has 39 heavy (non-hydrogen) atoms. The Hall–Kier alpha value is -4.46. The summed E-state index contributed by atoms with van der Waals surface area (Å²) < 4.78 is 21.9. The van der Waals surface area contributed by atoms with Crippen molar-refractivity contribution >= 4 is 17.4 Å². The number of methoxy groups -OCH3 is 4. The highest BCUT2D eigenvalue weighted by Crippen LogP contribution is 2.43. The fourth-order valence-electron chi connectivity index (χ4n) is 4.92. The number of carbonyl (C=O) groups excluding carboxylic acids is 2. The molecule has 1 amide bonds. The smallest absolute Gasteiger partial charge is 0.295 e. The lowest BCUT2D eigenvalue weighted by atomic mass is 9.93. The molecule has 4 rings (SSSR count). The van der Waals surface area contributed by atoms with Gasteiger partial charge in [-0.3, -0.25) is 9.59 Å². The zero-order valence-electron chi connectivity index (χ0n) is 23.0. The van der Waals surface area contributed by atoms with Crippen LogP contribution in [0.15, 0.2) is 66.2 Å². The van der Waals surface area contributed by atoms with E-state index in [1.165, 1.54) is 19.1 Å². The molecule has 0 bridgehead atoms. The van der Waals surface area contributed by atoms with Gasteiger partial charge in [0.15, 0.2) is 11.5 Å². The molecular weight excluding hydrogens is 498 g/mol. The average Bonchev–Trinajstić information content (AvgIpc) is 3.21. The number of benzene rings is 3. The van der Waals surface area contributed by atoms with Crippen LogP contribution in [0, 0.1) is 0 Å². The molecule has 0 spiro atoms. The first-order chi connectivity index (χ1) is 18.7. The molecule has 3 aromatic carbocycles.